The van der Waals surface area contributed by atoms with Gasteiger partial charge in [0.25, 0.3) is 0 Å². The third-order valence-corrected chi connectivity index (χ3v) is 6.76. The van der Waals surface area contributed by atoms with Crippen LogP contribution in [0.5, 0.6) is 0 Å². The summed E-state index contributed by atoms with van der Waals surface area (Å²) in [6, 6.07) is 10.5. The van der Waals surface area contributed by atoms with Gasteiger partial charge in [-0.1, -0.05) is 6.07 Å². The predicted molar refractivity (Wildman–Crippen MR) is 110 cm³/mol. The van der Waals surface area contributed by atoms with Gasteiger partial charge in [-0.2, -0.15) is 8.78 Å². The van der Waals surface area contributed by atoms with Crippen molar-refractivity contribution in [1.82, 2.24) is 19.5 Å². The van der Waals surface area contributed by atoms with Crippen LogP contribution >= 0.6 is 0 Å². The molecule has 8 nitrogen and oxygen atoms in total. The number of aromatic nitrogens is 3. The van der Waals surface area contributed by atoms with Crippen LogP contribution in [-0.2, 0) is 14.6 Å². The van der Waals surface area contributed by atoms with Crippen LogP contribution in [-0.4, -0.2) is 59.2 Å². The number of halogens is 2. The second-order valence-electron chi connectivity index (χ2n) is 7.42. The Morgan fingerprint density at radius 2 is 1.81 bits per heavy atom. The molecule has 1 aromatic carbocycles. The molecule has 1 saturated heterocycles. The first-order chi connectivity index (χ1) is 14.8. The van der Waals surface area contributed by atoms with Crippen LogP contribution in [0.4, 0.5) is 14.5 Å². The van der Waals surface area contributed by atoms with E-state index in [1.165, 1.54) is 12.1 Å². The predicted octanol–water partition coefficient (Wildman–Crippen LogP) is 2.54. The molecule has 3 heterocycles. The van der Waals surface area contributed by atoms with Gasteiger partial charge in [-0.05, 0) is 62.3 Å². The Kier molecular flexibility index (Phi) is 5.96. The van der Waals surface area contributed by atoms with Gasteiger partial charge in [0, 0.05) is 17.8 Å². The molecule has 3 aromatic rings. The Hall–Kier alpha value is -2.92. The molecule has 2 aromatic heterocycles. The maximum atomic E-state index is 12.6. The summed E-state index contributed by atoms with van der Waals surface area (Å²) in [6.45, 7) is 1.64. The van der Waals surface area contributed by atoms with Gasteiger partial charge < -0.3 is 5.32 Å². The molecule has 0 atom stereocenters. The second kappa shape index (κ2) is 8.67. The fourth-order valence-electron chi connectivity index (χ4n) is 3.72. The maximum Gasteiger partial charge on any atom is 0.341 e. The van der Waals surface area contributed by atoms with Crippen molar-refractivity contribution < 1.29 is 22.0 Å². The minimum Gasteiger partial charge on any atom is -0.325 e. The van der Waals surface area contributed by atoms with Crippen LogP contribution in [0.3, 0.4) is 0 Å². The number of benzene rings is 1. The summed E-state index contributed by atoms with van der Waals surface area (Å²) < 4.78 is 50.1. The summed E-state index contributed by atoms with van der Waals surface area (Å²) in [5, 5.41) is 11.2. The largest absolute Gasteiger partial charge is 0.341 e. The van der Waals surface area contributed by atoms with E-state index in [0.717, 1.165) is 49.5 Å². The molecule has 1 fully saturated rings. The van der Waals surface area contributed by atoms with E-state index < -0.39 is 20.5 Å². The van der Waals surface area contributed by atoms with Gasteiger partial charge in [-0.15, -0.1) is 10.2 Å². The highest BCUT2D eigenvalue weighted by molar-refractivity contribution is 7.91. The van der Waals surface area contributed by atoms with Crippen LogP contribution in [0.2, 0.25) is 0 Å². The molecule has 4 rings (SSSR count). The molecule has 0 unspecified atom stereocenters. The van der Waals surface area contributed by atoms with Gasteiger partial charge in [-0.25, -0.2) is 8.42 Å². The standard InChI is InChI=1S/C20H21F2N5O3S/c21-20(22)31(29,30)16-6-4-15(5-7-16)23-18(28)13-26-11-8-14(9-12-26)19-25-24-17-3-1-2-10-27(17)19/h1-7,10,14,20H,8-9,11-13H2,(H,23,28). The van der Waals surface area contributed by atoms with E-state index in [-0.39, 0.29) is 18.4 Å². The van der Waals surface area contributed by atoms with Gasteiger partial charge >= 0.3 is 5.76 Å². The number of nitrogens with zero attached hydrogens (tertiary/aromatic N) is 4. The zero-order chi connectivity index (χ0) is 22.0. The Morgan fingerprint density at radius 1 is 1.10 bits per heavy atom. The molecule has 1 amide bonds. The lowest BCUT2D eigenvalue weighted by Gasteiger charge is -2.30. The minimum atomic E-state index is -4.65. The molecular formula is C20H21F2N5O3S. The highest BCUT2D eigenvalue weighted by Gasteiger charge is 2.27. The number of likely N-dealkylation sites (tertiary alicyclic amines) is 1. The average Bonchev–Trinajstić information content (AvgIpc) is 3.19. The van der Waals surface area contributed by atoms with Crippen LogP contribution in [0.15, 0.2) is 53.6 Å². The molecule has 0 bridgehead atoms. The van der Waals surface area contributed by atoms with Crippen molar-refractivity contribution in [1.29, 1.82) is 0 Å². The van der Waals surface area contributed by atoms with E-state index in [0.29, 0.717) is 5.69 Å². The molecule has 0 aliphatic carbocycles. The smallest absolute Gasteiger partial charge is 0.325 e. The molecule has 31 heavy (non-hydrogen) atoms. The van der Waals surface area contributed by atoms with Crippen molar-refractivity contribution in [2.75, 3.05) is 25.0 Å². The lowest BCUT2D eigenvalue weighted by atomic mass is 9.96. The molecular weight excluding hydrogens is 428 g/mol. The lowest BCUT2D eigenvalue weighted by Crippen LogP contribution is -2.39. The number of amides is 1. The fourth-order valence-corrected chi connectivity index (χ4v) is 4.44. The van der Waals surface area contributed by atoms with Crippen LogP contribution < -0.4 is 5.32 Å². The number of anilines is 1. The first-order valence-electron chi connectivity index (χ1n) is 9.78. The van der Waals surface area contributed by atoms with E-state index in [2.05, 4.69) is 15.5 Å². The number of hydrogen-bond acceptors (Lipinski definition) is 6. The number of pyridine rings is 1. The first kappa shape index (κ1) is 21.3. The number of carbonyl (C=O) groups is 1. The summed E-state index contributed by atoms with van der Waals surface area (Å²) >= 11 is 0. The van der Waals surface area contributed by atoms with Crippen molar-refractivity contribution in [3.8, 4) is 0 Å². The second-order valence-corrected chi connectivity index (χ2v) is 9.33. The Morgan fingerprint density at radius 3 is 2.48 bits per heavy atom. The highest BCUT2D eigenvalue weighted by atomic mass is 32.2. The van der Waals surface area contributed by atoms with Crippen molar-refractivity contribution in [3.05, 3.63) is 54.5 Å². The molecule has 0 saturated carbocycles. The van der Waals surface area contributed by atoms with E-state index in [1.54, 1.807) is 0 Å². The quantitative estimate of drug-likeness (QED) is 0.621. The normalized spacial score (nSPS) is 16.1. The molecule has 0 spiro atoms. The third-order valence-electron chi connectivity index (χ3n) is 5.36. The van der Waals surface area contributed by atoms with E-state index in [9.17, 15) is 22.0 Å². The lowest BCUT2D eigenvalue weighted by molar-refractivity contribution is -0.117. The van der Waals surface area contributed by atoms with E-state index in [1.807, 2.05) is 33.7 Å². The van der Waals surface area contributed by atoms with Gasteiger partial charge in [0.05, 0.1) is 11.4 Å². The molecule has 0 radical (unpaired) electrons. The molecule has 11 heteroatoms. The molecule has 1 N–H and O–H groups in total. The van der Waals surface area contributed by atoms with Crippen LogP contribution in [0.1, 0.15) is 24.6 Å². The van der Waals surface area contributed by atoms with E-state index >= 15 is 0 Å². The average molecular weight is 449 g/mol. The van der Waals surface area contributed by atoms with Gasteiger partial charge in [-0.3, -0.25) is 14.1 Å². The van der Waals surface area contributed by atoms with Gasteiger partial charge in [0.15, 0.2) is 5.65 Å². The fraction of sp³-hybridized carbons (Fsp3) is 0.350. The monoisotopic (exact) mass is 449 g/mol. The molecule has 1 aliphatic rings. The highest BCUT2D eigenvalue weighted by Crippen LogP contribution is 2.27. The van der Waals surface area contributed by atoms with Crippen LogP contribution in [0.25, 0.3) is 5.65 Å². The number of hydrogen-bond donors (Lipinski definition) is 1. The number of rotatable bonds is 6. The van der Waals surface area contributed by atoms with Gasteiger partial charge in [0.2, 0.25) is 15.7 Å². The summed E-state index contributed by atoms with van der Waals surface area (Å²) in [5.74, 6) is -2.54. The minimum absolute atomic E-state index is 0.185. The number of nitrogens with one attached hydrogen (secondary N) is 1. The maximum absolute atomic E-state index is 12.6. The zero-order valence-corrected chi connectivity index (χ0v) is 17.3. The number of sulfone groups is 1. The summed E-state index contributed by atoms with van der Waals surface area (Å²) in [7, 11) is -4.65. The SMILES string of the molecule is O=C(CN1CCC(c2nnc3ccccn23)CC1)Nc1ccc(S(=O)(=O)C(F)F)cc1. The molecule has 164 valence electrons. The third kappa shape index (κ3) is 4.57. The number of fused-ring (bicyclic) bond motifs is 1. The van der Waals surface area contributed by atoms with Crippen LogP contribution in [0, 0.1) is 0 Å². The zero-order valence-electron chi connectivity index (χ0n) is 16.5. The number of carbonyl (C=O) groups excluding carboxylic acids is 1. The van der Waals surface area contributed by atoms with Crippen molar-refractivity contribution in [2.45, 2.75) is 29.4 Å². The van der Waals surface area contributed by atoms with Crippen molar-refractivity contribution >= 4 is 27.1 Å². The Balaban J connectivity index is 1.30. The first-order valence-corrected chi connectivity index (χ1v) is 11.3. The Bertz CT molecular complexity index is 1170. The van der Waals surface area contributed by atoms with E-state index in [4.69, 9.17) is 0 Å². The topological polar surface area (TPSA) is 96.7 Å². The van der Waals surface area contributed by atoms with Crippen molar-refractivity contribution in [2.24, 2.45) is 0 Å². The number of alkyl halides is 2. The summed E-state index contributed by atoms with van der Waals surface area (Å²) in [6.07, 6.45) is 3.65. The summed E-state index contributed by atoms with van der Waals surface area (Å²) in [4.78, 5) is 13.9. The summed E-state index contributed by atoms with van der Waals surface area (Å²) in [5.41, 5.74) is 1.16. The van der Waals surface area contributed by atoms with Gasteiger partial charge in [0.1, 0.15) is 5.82 Å². The Labute approximate surface area is 177 Å². The number of piperidine rings is 1. The molecule has 1 aliphatic heterocycles. The van der Waals surface area contributed by atoms with Crippen molar-refractivity contribution in [3.63, 3.8) is 0 Å².